The smallest absolute Gasteiger partial charge is 0.251 e. The van der Waals surface area contributed by atoms with E-state index in [4.69, 9.17) is 4.52 Å². The third kappa shape index (κ3) is 4.58. The minimum atomic E-state index is -0.961. The zero-order valence-electron chi connectivity index (χ0n) is 14.7. The molecule has 1 N–H and O–H groups in total. The van der Waals surface area contributed by atoms with Crippen molar-refractivity contribution in [2.75, 3.05) is 39.3 Å². The van der Waals surface area contributed by atoms with Crippen molar-refractivity contribution in [3.8, 4) is 0 Å². The lowest BCUT2D eigenvalue weighted by molar-refractivity contribution is -0.146. The largest absolute Gasteiger partial charge is 0.383 e. The molecule has 0 bridgehead atoms. The number of carbonyl (C=O) groups is 2. The first-order valence-electron chi connectivity index (χ1n) is 8.92. The Hall–Kier alpha value is -1.93. The van der Waals surface area contributed by atoms with E-state index in [-0.39, 0.29) is 18.4 Å². The fraction of sp³-hybridized carbons (Fsp3) is 0.706. The summed E-state index contributed by atoms with van der Waals surface area (Å²) in [6.07, 6.45) is 1.18. The minimum absolute atomic E-state index is 0.0439. The Morgan fingerprint density at radius 2 is 2.04 bits per heavy atom. The van der Waals surface area contributed by atoms with Crippen molar-refractivity contribution >= 4 is 11.8 Å². The summed E-state index contributed by atoms with van der Waals surface area (Å²) in [5, 5.41) is 13.7. The van der Waals surface area contributed by atoms with Crippen LogP contribution in [-0.2, 0) is 16.1 Å². The second-order valence-electron chi connectivity index (χ2n) is 6.86. The van der Waals surface area contributed by atoms with E-state index < -0.39 is 6.10 Å². The Kier molecular flexibility index (Phi) is 5.70. The van der Waals surface area contributed by atoms with Crippen LogP contribution in [0.1, 0.15) is 30.7 Å². The molecule has 1 aromatic rings. The van der Waals surface area contributed by atoms with Crippen LogP contribution < -0.4 is 0 Å². The van der Waals surface area contributed by atoms with Crippen molar-refractivity contribution in [1.82, 2.24) is 19.9 Å². The van der Waals surface area contributed by atoms with Gasteiger partial charge in [0.2, 0.25) is 5.91 Å². The lowest BCUT2D eigenvalue weighted by atomic mass is 10.2. The van der Waals surface area contributed by atoms with Gasteiger partial charge in [0, 0.05) is 38.8 Å². The molecule has 1 atom stereocenters. The Morgan fingerprint density at radius 1 is 1.28 bits per heavy atom. The first kappa shape index (κ1) is 17.9. The summed E-state index contributed by atoms with van der Waals surface area (Å²) in [7, 11) is 0. The third-order valence-electron chi connectivity index (χ3n) is 4.86. The van der Waals surface area contributed by atoms with E-state index in [0.717, 1.165) is 37.4 Å². The maximum absolute atomic E-state index is 12.5. The zero-order valence-corrected chi connectivity index (χ0v) is 14.7. The summed E-state index contributed by atoms with van der Waals surface area (Å²) in [6, 6.07) is 1.92. The number of nitrogens with zero attached hydrogens (tertiary/aromatic N) is 4. The van der Waals surface area contributed by atoms with Crippen molar-refractivity contribution < 1.29 is 19.2 Å². The highest BCUT2D eigenvalue weighted by molar-refractivity contribution is 5.87. The van der Waals surface area contributed by atoms with E-state index in [1.54, 1.807) is 4.90 Å². The Bertz CT molecular complexity index is 610. The molecule has 8 heteroatoms. The van der Waals surface area contributed by atoms with Crippen LogP contribution in [-0.4, -0.2) is 82.1 Å². The van der Waals surface area contributed by atoms with E-state index in [1.807, 2.05) is 13.0 Å². The van der Waals surface area contributed by atoms with Crippen molar-refractivity contribution in [1.29, 1.82) is 0 Å². The van der Waals surface area contributed by atoms with Gasteiger partial charge in [-0.05, 0) is 26.2 Å². The van der Waals surface area contributed by atoms with Gasteiger partial charge in [0.15, 0.2) is 5.76 Å². The van der Waals surface area contributed by atoms with Crippen LogP contribution >= 0.6 is 0 Å². The van der Waals surface area contributed by atoms with E-state index >= 15 is 0 Å². The Balaban J connectivity index is 1.47. The molecule has 2 fully saturated rings. The highest BCUT2D eigenvalue weighted by Gasteiger charge is 2.29. The number of likely N-dealkylation sites (tertiary alicyclic amines) is 1. The van der Waals surface area contributed by atoms with Gasteiger partial charge in [0.25, 0.3) is 5.91 Å². The van der Waals surface area contributed by atoms with Crippen LogP contribution in [0.15, 0.2) is 10.6 Å². The molecule has 2 saturated heterocycles. The molecule has 0 radical (unpaired) electrons. The number of amides is 2. The normalized spacial score (nSPS) is 23.0. The lowest BCUT2D eigenvalue weighted by Gasteiger charge is -2.35. The van der Waals surface area contributed by atoms with Crippen molar-refractivity contribution in [3.05, 3.63) is 17.5 Å². The number of rotatable bonds is 4. The molecular weight excluding hydrogens is 324 g/mol. The van der Waals surface area contributed by atoms with Gasteiger partial charge < -0.3 is 19.4 Å². The van der Waals surface area contributed by atoms with Crippen LogP contribution in [0.5, 0.6) is 0 Å². The molecule has 3 rings (SSSR count). The fourth-order valence-corrected chi connectivity index (χ4v) is 3.37. The fourth-order valence-electron chi connectivity index (χ4n) is 3.37. The molecule has 25 heavy (non-hydrogen) atoms. The molecule has 0 aromatic carbocycles. The molecule has 138 valence electrons. The van der Waals surface area contributed by atoms with Gasteiger partial charge in [-0.1, -0.05) is 5.16 Å². The number of hydrogen-bond donors (Lipinski definition) is 1. The number of aliphatic hydroxyl groups is 1. The maximum Gasteiger partial charge on any atom is 0.251 e. The number of aromatic nitrogens is 1. The monoisotopic (exact) mass is 350 g/mol. The molecule has 0 aliphatic carbocycles. The second kappa shape index (κ2) is 7.97. The lowest BCUT2D eigenvalue weighted by Crippen LogP contribution is -2.52. The highest BCUT2D eigenvalue weighted by atomic mass is 16.5. The summed E-state index contributed by atoms with van der Waals surface area (Å²) in [4.78, 5) is 30.1. The zero-order chi connectivity index (χ0) is 17.8. The Labute approximate surface area is 147 Å². The van der Waals surface area contributed by atoms with E-state index in [1.165, 1.54) is 4.90 Å². The molecule has 8 nitrogen and oxygen atoms in total. The van der Waals surface area contributed by atoms with Crippen LogP contribution in [0.3, 0.4) is 0 Å². The second-order valence-corrected chi connectivity index (χ2v) is 6.86. The summed E-state index contributed by atoms with van der Waals surface area (Å²) in [5.41, 5.74) is 0.869. The van der Waals surface area contributed by atoms with E-state index in [9.17, 15) is 14.7 Å². The summed E-state index contributed by atoms with van der Waals surface area (Å²) >= 11 is 0. The SMILES string of the molecule is Cc1cc(CN2CCN(C(=O)CN3CCCCC(O)C3=O)CC2)on1. The molecule has 0 spiro atoms. The average Bonchev–Trinajstić information content (AvgIpc) is 2.94. The summed E-state index contributed by atoms with van der Waals surface area (Å²) in [6.45, 7) is 6.01. The van der Waals surface area contributed by atoms with E-state index in [0.29, 0.717) is 32.6 Å². The van der Waals surface area contributed by atoms with Gasteiger partial charge in [-0.3, -0.25) is 14.5 Å². The first-order chi connectivity index (χ1) is 12.0. The number of aryl methyl sites for hydroxylation is 1. The maximum atomic E-state index is 12.5. The third-order valence-corrected chi connectivity index (χ3v) is 4.86. The quantitative estimate of drug-likeness (QED) is 0.822. The van der Waals surface area contributed by atoms with Crippen molar-refractivity contribution in [2.45, 2.75) is 38.8 Å². The molecule has 1 unspecified atom stereocenters. The Morgan fingerprint density at radius 3 is 2.72 bits per heavy atom. The molecular formula is C17H26N4O4. The first-order valence-corrected chi connectivity index (χ1v) is 8.92. The number of aliphatic hydroxyl groups excluding tert-OH is 1. The van der Waals surface area contributed by atoms with Crippen LogP contribution in [0.4, 0.5) is 0 Å². The van der Waals surface area contributed by atoms with Gasteiger partial charge in [0.05, 0.1) is 18.8 Å². The topological polar surface area (TPSA) is 90.1 Å². The minimum Gasteiger partial charge on any atom is -0.383 e. The summed E-state index contributed by atoms with van der Waals surface area (Å²) < 4.78 is 5.24. The predicted octanol–water partition coefficient (Wildman–Crippen LogP) is 0.000620. The van der Waals surface area contributed by atoms with Crippen LogP contribution in [0.25, 0.3) is 0 Å². The molecule has 2 aliphatic heterocycles. The van der Waals surface area contributed by atoms with Gasteiger partial charge >= 0.3 is 0 Å². The average molecular weight is 350 g/mol. The van der Waals surface area contributed by atoms with Crippen LogP contribution in [0, 0.1) is 6.92 Å². The molecule has 0 saturated carbocycles. The summed E-state index contributed by atoms with van der Waals surface area (Å²) in [5.74, 6) is 0.476. The van der Waals surface area contributed by atoms with Crippen molar-refractivity contribution in [3.63, 3.8) is 0 Å². The van der Waals surface area contributed by atoms with Gasteiger partial charge in [-0.15, -0.1) is 0 Å². The van der Waals surface area contributed by atoms with Gasteiger partial charge in [-0.2, -0.15) is 0 Å². The van der Waals surface area contributed by atoms with E-state index in [2.05, 4.69) is 10.1 Å². The van der Waals surface area contributed by atoms with Crippen molar-refractivity contribution in [2.24, 2.45) is 0 Å². The predicted molar refractivity (Wildman–Crippen MR) is 89.5 cm³/mol. The molecule has 3 heterocycles. The molecule has 2 aliphatic rings. The highest BCUT2D eigenvalue weighted by Crippen LogP contribution is 2.14. The number of carbonyl (C=O) groups excluding carboxylic acids is 2. The van der Waals surface area contributed by atoms with Gasteiger partial charge in [-0.25, -0.2) is 0 Å². The number of hydrogen-bond acceptors (Lipinski definition) is 6. The standard InChI is InChI=1S/C17H26N4O4/c1-13-10-14(25-18-13)11-19-6-8-20(9-7-19)16(23)12-21-5-3-2-4-15(22)17(21)24/h10,15,22H,2-9,11-12H2,1H3. The number of piperazine rings is 1. The van der Waals surface area contributed by atoms with Gasteiger partial charge in [0.1, 0.15) is 6.10 Å². The molecule has 1 aromatic heterocycles. The molecule has 2 amide bonds. The van der Waals surface area contributed by atoms with Crippen LogP contribution in [0.2, 0.25) is 0 Å².